The molecule has 0 fully saturated rings. The second-order valence-electron chi connectivity index (χ2n) is 3.62. The lowest BCUT2D eigenvalue weighted by atomic mass is 10.3. The molecule has 0 saturated carbocycles. The van der Waals surface area contributed by atoms with Crippen molar-refractivity contribution in [1.82, 2.24) is 4.90 Å². The molecule has 1 amide bonds. The van der Waals surface area contributed by atoms with Gasteiger partial charge in [0.2, 0.25) is 0 Å². The number of aliphatic hydroxyl groups excluding tert-OH is 1. The fraction of sp³-hybridized carbons (Fsp3) is 0.417. The van der Waals surface area contributed by atoms with E-state index in [4.69, 9.17) is 10.8 Å². The van der Waals surface area contributed by atoms with Gasteiger partial charge in [0, 0.05) is 7.05 Å². The molecule has 17 heavy (non-hydrogen) atoms. The Bertz CT molecular complexity index is 445. The number of aliphatic hydroxyl groups is 1. The molecule has 0 spiro atoms. The second-order valence-corrected chi connectivity index (χ2v) is 4.70. The number of hydrogen-bond acceptors (Lipinski definition) is 4. The first-order chi connectivity index (χ1) is 8.10. The summed E-state index contributed by atoms with van der Waals surface area (Å²) in [5.74, 6) is 5.53. The highest BCUT2D eigenvalue weighted by Crippen LogP contribution is 2.17. The molecule has 0 aromatic carbocycles. The highest BCUT2D eigenvalue weighted by atomic mass is 32.1. The first-order valence-corrected chi connectivity index (χ1v) is 6.08. The van der Waals surface area contributed by atoms with Crippen LogP contribution in [0.1, 0.15) is 21.5 Å². The molecule has 3 N–H and O–H groups in total. The number of thiophene rings is 1. The Labute approximate surface area is 105 Å². The molecule has 5 heteroatoms. The van der Waals surface area contributed by atoms with Gasteiger partial charge in [0.25, 0.3) is 5.91 Å². The lowest BCUT2D eigenvalue weighted by Gasteiger charge is -2.22. The first kappa shape index (κ1) is 13.7. The van der Waals surface area contributed by atoms with Gasteiger partial charge in [-0.2, -0.15) is 0 Å². The van der Waals surface area contributed by atoms with Crippen LogP contribution in [-0.4, -0.2) is 42.2 Å². The van der Waals surface area contributed by atoms with E-state index in [0.29, 0.717) is 11.4 Å². The number of carbonyl (C=O) groups excluding carboxylic acids is 1. The van der Waals surface area contributed by atoms with Crippen LogP contribution in [0.2, 0.25) is 0 Å². The molecule has 0 saturated heterocycles. The average Bonchev–Trinajstić information content (AvgIpc) is 2.82. The van der Waals surface area contributed by atoms with E-state index in [1.165, 1.54) is 16.2 Å². The van der Waals surface area contributed by atoms with E-state index in [1.807, 2.05) is 0 Å². The van der Waals surface area contributed by atoms with E-state index in [2.05, 4.69) is 11.8 Å². The second kappa shape index (κ2) is 6.40. The van der Waals surface area contributed by atoms with Crippen LogP contribution in [-0.2, 0) is 0 Å². The summed E-state index contributed by atoms with van der Waals surface area (Å²) in [4.78, 5) is 14.9. The maximum absolute atomic E-state index is 12.0. The van der Waals surface area contributed by atoms with Gasteiger partial charge < -0.3 is 15.7 Å². The lowest BCUT2D eigenvalue weighted by Crippen LogP contribution is -2.36. The highest BCUT2D eigenvalue weighted by Gasteiger charge is 2.18. The highest BCUT2D eigenvalue weighted by molar-refractivity contribution is 7.14. The van der Waals surface area contributed by atoms with Crippen molar-refractivity contribution in [2.45, 2.75) is 13.0 Å². The fourth-order valence-electron chi connectivity index (χ4n) is 1.15. The number of hydrogen-bond donors (Lipinski definition) is 2. The predicted molar refractivity (Wildman–Crippen MR) is 68.9 cm³/mol. The smallest absolute Gasteiger partial charge is 0.264 e. The zero-order chi connectivity index (χ0) is 12.8. The maximum atomic E-state index is 12.0. The van der Waals surface area contributed by atoms with Gasteiger partial charge in [-0.3, -0.25) is 4.79 Å². The minimum absolute atomic E-state index is 0.0482. The van der Waals surface area contributed by atoms with Crippen LogP contribution in [0.3, 0.4) is 0 Å². The van der Waals surface area contributed by atoms with E-state index >= 15 is 0 Å². The van der Waals surface area contributed by atoms with Crippen molar-refractivity contribution in [2.24, 2.45) is 5.73 Å². The standard InChI is InChI=1S/C12H16N2O2S/c1-9(8-15)14(2)12(16)11-6-5-10(17-11)4-3-7-13/h5-6,9,15H,7-8,13H2,1-2H3. The van der Waals surface area contributed by atoms with Crippen LogP contribution < -0.4 is 5.73 Å². The predicted octanol–water partition coefficient (Wildman–Crippen LogP) is 0.511. The zero-order valence-electron chi connectivity index (χ0n) is 9.93. The topological polar surface area (TPSA) is 66.6 Å². The van der Waals surface area contributed by atoms with Crippen molar-refractivity contribution in [3.63, 3.8) is 0 Å². The Hall–Kier alpha value is -1.35. The summed E-state index contributed by atoms with van der Waals surface area (Å²) >= 11 is 1.34. The van der Waals surface area contributed by atoms with Gasteiger partial charge in [0.1, 0.15) is 0 Å². The molecule has 92 valence electrons. The van der Waals surface area contributed by atoms with E-state index in [1.54, 1.807) is 26.1 Å². The molecule has 0 bridgehead atoms. The molecule has 0 aliphatic heterocycles. The van der Waals surface area contributed by atoms with Crippen LogP contribution >= 0.6 is 11.3 Å². The van der Waals surface area contributed by atoms with E-state index in [9.17, 15) is 4.79 Å². The molecule has 0 aliphatic rings. The number of rotatable bonds is 3. The maximum Gasteiger partial charge on any atom is 0.264 e. The largest absolute Gasteiger partial charge is 0.394 e. The fourth-order valence-corrected chi connectivity index (χ4v) is 2.02. The Balaban J connectivity index is 2.79. The quantitative estimate of drug-likeness (QED) is 0.770. The van der Waals surface area contributed by atoms with Crippen molar-refractivity contribution in [2.75, 3.05) is 20.2 Å². The summed E-state index contributed by atoms with van der Waals surface area (Å²) in [7, 11) is 1.67. The van der Waals surface area contributed by atoms with E-state index in [-0.39, 0.29) is 18.6 Å². The SMILES string of the molecule is CC(CO)N(C)C(=O)c1ccc(C#CCN)s1. The molecule has 0 aliphatic carbocycles. The van der Waals surface area contributed by atoms with E-state index < -0.39 is 0 Å². The van der Waals surface area contributed by atoms with Crippen LogP contribution in [0.5, 0.6) is 0 Å². The van der Waals surface area contributed by atoms with Crippen LogP contribution in [0, 0.1) is 11.8 Å². The number of nitrogens with zero attached hydrogens (tertiary/aromatic N) is 1. The monoisotopic (exact) mass is 252 g/mol. The summed E-state index contributed by atoms with van der Waals surface area (Å²) in [6, 6.07) is 3.36. The van der Waals surface area contributed by atoms with Gasteiger partial charge in [-0.1, -0.05) is 11.8 Å². The molecule has 1 unspecified atom stereocenters. The average molecular weight is 252 g/mol. The third-order valence-electron chi connectivity index (χ3n) is 2.38. The van der Waals surface area contributed by atoms with Crippen molar-refractivity contribution in [1.29, 1.82) is 0 Å². The third-order valence-corrected chi connectivity index (χ3v) is 3.36. The molecular weight excluding hydrogens is 236 g/mol. The number of likely N-dealkylation sites (N-methyl/N-ethyl adjacent to an activating group) is 1. The molecular formula is C12H16N2O2S. The minimum Gasteiger partial charge on any atom is -0.394 e. The molecule has 4 nitrogen and oxygen atoms in total. The van der Waals surface area contributed by atoms with Gasteiger partial charge in [-0.25, -0.2) is 0 Å². The Morgan fingerprint density at radius 1 is 1.65 bits per heavy atom. The van der Waals surface area contributed by atoms with Gasteiger partial charge >= 0.3 is 0 Å². The van der Waals surface area contributed by atoms with Crippen molar-refractivity contribution < 1.29 is 9.90 Å². The third kappa shape index (κ3) is 3.56. The van der Waals surface area contributed by atoms with E-state index in [0.717, 1.165) is 4.88 Å². The van der Waals surface area contributed by atoms with Crippen molar-refractivity contribution in [3.8, 4) is 11.8 Å². The molecule has 1 atom stereocenters. The molecule has 1 aromatic heterocycles. The van der Waals surface area contributed by atoms with Crippen molar-refractivity contribution >= 4 is 17.2 Å². The molecule has 1 rings (SSSR count). The van der Waals surface area contributed by atoms with Crippen LogP contribution in [0.15, 0.2) is 12.1 Å². The summed E-state index contributed by atoms with van der Waals surface area (Å²) in [6.07, 6.45) is 0. The van der Waals surface area contributed by atoms with Gasteiger partial charge in [0.05, 0.1) is 28.9 Å². The first-order valence-electron chi connectivity index (χ1n) is 5.27. The molecule has 1 heterocycles. The Kier molecular flexibility index (Phi) is 5.16. The summed E-state index contributed by atoms with van der Waals surface area (Å²) in [5, 5.41) is 9.00. The van der Waals surface area contributed by atoms with Crippen LogP contribution in [0.25, 0.3) is 0 Å². The number of carbonyl (C=O) groups is 1. The number of amides is 1. The zero-order valence-corrected chi connectivity index (χ0v) is 10.8. The number of nitrogens with two attached hydrogens (primary N) is 1. The van der Waals surface area contributed by atoms with Crippen molar-refractivity contribution in [3.05, 3.63) is 21.9 Å². The summed E-state index contributed by atoms with van der Waals surface area (Å²) in [6.45, 7) is 2.05. The van der Waals surface area contributed by atoms with Crippen LogP contribution in [0.4, 0.5) is 0 Å². The summed E-state index contributed by atoms with van der Waals surface area (Å²) in [5.41, 5.74) is 5.28. The van der Waals surface area contributed by atoms with Gasteiger partial charge in [-0.05, 0) is 19.1 Å². The minimum atomic E-state index is -0.192. The van der Waals surface area contributed by atoms with Gasteiger partial charge in [-0.15, -0.1) is 11.3 Å². The lowest BCUT2D eigenvalue weighted by molar-refractivity contribution is 0.0687. The Morgan fingerprint density at radius 3 is 2.94 bits per heavy atom. The molecule has 1 aromatic rings. The Morgan fingerprint density at radius 2 is 2.35 bits per heavy atom. The molecule has 0 radical (unpaired) electrons. The summed E-state index contributed by atoms with van der Waals surface area (Å²) < 4.78 is 0. The normalized spacial score (nSPS) is 11.5. The van der Waals surface area contributed by atoms with Gasteiger partial charge in [0.15, 0.2) is 0 Å².